The van der Waals surface area contributed by atoms with Crippen LogP contribution in [0.1, 0.15) is 19.4 Å². The Morgan fingerprint density at radius 3 is 2.32 bits per heavy atom. The van der Waals surface area contributed by atoms with Gasteiger partial charge in [0.1, 0.15) is 6.04 Å². The number of nitrogens with one attached hydrogen (secondary N) is 1. The highest BCUT2D eigenvalue weighted by Crippen LogP contribution is 2.12. The summed E-state index contributed by atoms with van der Waals surface area (Å²) in [5, 5.41) is 12.3. The lowest BCUT2D eigenvalue weighted by atomic mass is 10.0. The van der Waals surface area contributed by atoms with E-state index in [0.717, 1.165) is 18.7 Å². The van der Waals surface area contributed by atoms with Gasteiger partial charge >= 0.3 is 5.97 Å². The first-order valence-corrected chi connectivity index (χ1v) is 6.65. The highest BCUT2D eigenvalue weighted by atomic mass is 16.4. The van der Waals surface area contributed by atoms with Crippen LogP contribution < -0.4 is 5.32 Å². The van der Waals surface area contributed by atoms with Crippen LogP contribution in [0.5, 0.6) is 0 Å². The van der Waals surface area contributed by atoms with Crippen molar-refractivity contribution in [3.8, 4) is 0 Å². The quantitative estimate of drug-likeness (QED) is 0.793. The third-order valence-electron chi connectivity index (χ3n) is 3.36. The molecule has 19 heavy (non-hydrogen) atoms. The Morgan fingerprint density at radius 2 is 1.89 bits per heavy atom. The van der Waals surface area contributed by atoms with Crippen LogP contribution in [0.3, 0.4) is 0 Å². The first-order valence-electron chi connectivity index (χ1n) is 6.65. The Hall–Kier alpha value is -1.55. The molecule has 1 aromatic carbocycles. The minimum atomic E-state index is -0.747. The number of rotatable bonds is 7. The third-order valence-corrected chi connectivity index (χ3v) is 3.36. The maximum absolute atomic E-state index is 11.2. The standard InChI is InChI=1S/C15H24N2O2/c1-11(2)14(15(18)19)17(4)10-9-12-5-7-13(16-3)8-6-12/h5-8,11,14,16H,9-10H2,1-4H3,(H,18,19)/t14-/m0/s1. The maximum atomic E-state index is 11.2. The molecule has 0 aliphatic rings. The summed E-state index contributed by atoms with van der Waals surface area (Å²) < 4.78 is 0. The van der Waals surface area contributed by atoms with Gasteiger partial charge in [-0.25, -0.2) is 0 Å². The molecule has 0 bridgehead atoms. The molecule has 1 rings (SSSR count). The summed E-state index contributed by atoms with van der Waals surface area (Å²) >= 11 is 0. The largest absolute Gasteiger partial charge is 0.480 e. The Labute approximate surface area is 115 Å². The van der Waals surface area contributed by atoms with E-state index in [2.05, 4.69) is 17.4 Å². The average molecular weight is 264 g/mol. The molecule has 0 radical (unpaired) electrons. The summed E-state index contributed by atoms with van der Waals surface area (Å²) in [5.41, 5.74) is 2.31. The predicted octanol–water partition coefficient (Wildman–Crippen LogP) is 2.31. The van der Waals surface area contributed by atoms with E-state index >= 15 is 0 Å². The molecule has 0 aliphatic heterocycles. The molecular formula is C15H24N2O2. The summed E-state index contributed by atoms with van der Waals surface area (Å²) in [4.78, 5) is 13.1. The molecule has 106 valence electrons. The molecule has 0 aliphatic carbocycles. The minimum Gasteiger partial charge on any atom is -0.480 e. The number of carbonyl (C=O) groups is 1. The van der Waals surface area contributed by atoms with Crippen LogP contribution in [-0.2, 0) is 11.2 Å². The Kier molecular flexibility index (Phi) is 5.83. The van der Waals surface area contributed by atoms with E-state index in [4.69, 9.17) is 0 Å². The van der Waals surface area contributed by atoms with Gasteiger partial charge in [-0.3, -0.25) is 9.69 Å². The second-order valence-electron chi connectivity index (χ2n) is 5.20. The fourth-order valence-corrected chi connectivity index (χ4v) is 2.27. The van der Waals surface area contributed by atoms with Gasteiger partial charge in [0.2, 0.25) is 0 Å². The van der Waals surface area contributed by atoms with Gasteiger partial charge in [0, 0.05) is 19.3 Å². The fourth-order valence-electron chi connectivity index (χ4n) is 2.27. The topological polar surface area (TPSA) is 52.6 Å². The van der Waals surface area contributed by atoms with E-state index < -0.39 is 12.0 Å². The smallest absolute Gasteiger partial charge is 0.321 e. The number of likely N-dealkylation sites (N-methyl/N-ethyl adjacent to an activating group) is 1. The molecule has 1 aromatic rings. The van der Waals surface area contributed by atoms with E-state index in [-0.39, 0.29) is 5.92 Å². The summed E-state index contributed by atoms with van der Waals surface area (Å²) in [5.74, 6) is -0.641. The Morgan fingerprint density at radius 1 is 1.32 bits per heavy atom. The lowest BCUT2D eigenvalue weighted by molar-refractivity contribution is -0.144. The molecular weight excluding hydrogens is 240 g/mol. The molecule has 4 nitrogen and oxygen atoms in total. The number of aliphatic carboxylic acids is 1. The first kappa shape index (κ1) is 15.5. The number of nitrogens with zero attached hydrogens (tertiary/aromatic N) is 1. The average Bonchev–Trinajstić information content (AvgIpc) is 2.36. The second-order valence-corrected chi connectivity index (χ2v) is 5.20. The van der Waals surface area contributed by atoms with Crippen molar-refractivity contribution in [2.75, 3.05) is 26.0 Å². The van der Waals surface area contributed by atoms with Crippen molar-refractivity contribution in [2.24, 2.45) is 5.92 Å². The van der Waals surface area contributed by atoms with Gasteiger partial charge in [0.25, 0.3) is 0 Å². The van der Waals surface area contributed by atoms with Gasteiger partial charge in [-0.15, -0.1) is 0 Å². The predicted molar refractivity (Wildman–Crippen MR) is 78.6 cm³/mol. The summed E-state index contributed by atoms with van der Waals surface area (Å²) in [7, 11) is 3.77. The van der Waals surface area contributed by atoms with Crippen LogP contribution in [0.15, 0.2) is 24.3 Å². The van der Waals surface area contributed by atoms with Crippen molar-refractivity contribution in [2.45, 2.75) is 26.3 Å². The van der Waals surface area contributed by atoms with Crippen molar-refractivity contribution in [3.05, 3.63) is 29.8 Å². The number of benzene rings is 1. The van der Waals surface area contributed by atoms with Crippen molar-refractivity contribution in [1.82, 2.24) is 4.90 Å². The highest BCUT2D eigenvalue weighted by Gasteiger charge is 2.25. The second kappa shape index (κ2) is 7.14. The van der Waals surface area contributed by atoms with Crippen molar-refractivity contribution in [3.63, 3.8) is 0 Å². The lowest BCUT2D eigenvalue weighted by Crippen LogP contribution is -2.43. The van der Waals surface area contributed by atoms with Crippen LogP contribution in [0.2, 0.25) is 0 Å². The summed E-state index contributed by atoms with van der Waals surface area (Å²) in [6.07, 6.45) is 0.858. The molecule has 0 fully saturated rings. The zero-order valence-corrected chi connectivity index (χ0v) is 12.2. The number of carboxylic acid groups (broad SMARTS) is 1. The van der Waals surface area contributed by atoms with Crippen molar-refractivity contribution >= 4 is 11.7 Å². The van der Waals surface area contributed by atoms with E-state index in [1.54, 1.807) is 0 Å². The highest BCUT2D eigenvalue weighted by molar-refractivity contribution is 5.73. The monoisotopic (exact) mass is 264 g/mol. The van der Waals surface area contributed by atoms with Gasteiger partial charge in [-0.2, -0.15) is 0 Å². The third kappa shape index (κ3) is 4.56. The molecule has 0 saturated carbocycles. The van der Waals surface area contributed by atoms with E-state index in [1.807, 2.05) is 45.0 Å². The van der Waals surface area contributed by atoms with Crippen LogP contribution in [0.4, 0.5) is 5.69 Å². The van der Waals surface area contributed by atoms with E-state index in [1.165, 1.54) is 5.56 Å². The number of hydrogen-bond acceptors (Lipinski definition) is 3. The number of anilines is 1. The molecule has 0 amide bonds. The Bertz CT molecular complexity index is 401. The van der Waals surface area contributed by atoms with Gasteiger partial charge < -0.3 is 10.4 Å². The van der Waals surface area contributed by atoms with Crippen LogP contribution in [0.25, 0.3) is 0 Å². The molecule has 0 spiro atoms. The van der Waals surface area contributed by atoms with Crippen molar-refractivity contribution in [1.29, 1.82) is 0 Å². The first-order chi connectivity index (χ1) is 8.95. The molecule has 0 aromatic heterocycles. The van der Waals surface area contributed by atoms with Gasteiger partial charge in [-0.1, -0.05) is 26.0 Å². The normalized spacial score (nSPS) is 12.7. The molecule has 4 heteroatoms. The van der Waals surface area contributed by atoms with Gasteiger partial charge in [-0.05, 0) is 37.1 Å². The van der Waals surface area contributed by atoms with Crippen LogP contribution in [-0.4, -0.2) is 42.7 Å². The van der Waals surface area contributed by atoms with E-state index in [9.17, 15) is 9.90 Å². The fraction of sp³-hybridized carbons (Fsp3) is 0.533. The zero-order chi connectivity index (χ0) is 14.4. The molecule has 2 N–H and O–H groups in total. The van der Waals surface area contributed by atoms with Crippen LogP contribution >= 0.6 is 0 Å². The van der Waals surface area contributed by atoms with E-state index in [0.29, 0.717) is 0 Å². The Balaban J connectivity index is 2.56. The van der Waals surface area contributed by atoms with Crippen molar-refractivity contribution < 1.29 is 9.90 Å². The summed E-state index contributed by atoms with van der Waals surface area (Å²) in [6.45, 7) is 4.63. The SMILES string of the molecule is CNc1ccc(CCN(C)[C@H](C(=O)O)C(C)C)cc1. The lowest BCUT2D eigenvalue weighted by Gasteiger charge is -2.27. The maximum Gasteiger partial charge on any atom is 0.321 e. The molecule has 0 heterocycles. The summed E-state index contributed by atoms with van der Waals surface area (Å²) in [6, 6.07) is 7.80. The molecule has 0 unspecified atom stereocenters. The molecule has 0 saturated heterocycles. The minimum absolute atomic E-state index is 0.106. The zero-order valence-electron chi connectivity index (χ0n) is 12.2. The van der Waals surface area contributed by atoms with Crippen LogP contribution in [0, 0.1) is 5.92 Å². The number of carboxylic acids is 1. The van der Waals surface area contributed by atoms with Gasteiger partial charge in [0.15, 0.2) is 0 Å². The number of hydrogen-bond donors (Lipinski definition) is 2. The van der Waals surface area contributed by atoms with Gasteiger partial charge in [0.05, 0.1) is 0 Å². The molecule has 1 atom stereocenters.